The maximum Gasteiger partial charge on any atom is 0.347 e. The van der Waals surface area contributed by atoms with Crippen molar-refractivity contribution in [1.29, 1.82) is 0 Å². The summed E-state index contributed by atoms with van der Waals surface area (Å²) >= 11 is 0. The van der Waals surface area contributed by atoms with Gasteiger partial charge in [0.25, 0.3) is 0 Å². The topological polar surface area (TPSA) is 44.1 Å². The lowest BCUT2D eigenvalue weighted by Gasteiger charge is -2.05. The molecule has 0 bridgehead atoms. The first-order valence-corrected chi connectivity index (χ1v) is 5.44. The highest BCUT2D eigenvalue weighted by Crippen LogP contribution is 2.11. The minimum Gasteiger partial charge on any atom is -0.497 e. The molecule has 0 saturated carbocycles. The van der Waals surface area contributed by atoms with E-state index in [1.807, 2.05) is 24.3 Å². The molecule has 4 nitrogen and oxygen atoms in total. The van der Waals surface area contributed by atoms with E-state index < -0.39 is 0 Å². The second kappa shape index (κ2) is 5.30. The Labute approximate surface area is 99.5 Å². The first kappa shape index (κ1) is 11.4. The predicted octanol–water partition coefficient (Wildman–Crippen LogP) is 1.49. The summed E-state index contributed by atoms with van der Waals surface area (Å²) < 4.78 is 6.69. The van der Waals surface area contributed by atoms with Gasteiger partial charge >= 0.3 is 5.69 Å². The first-order valence-electron chi connectivity index (χ1n) is 5.44. The van der Waals surface area contributed by atoms with Gasteiger partial charge in [0.1, 0.15) is 5.75 Å². The van der Waals surface area contributed by atoms with E-state index in [0.29, 0.717) is 6.54 Å². The molecule has 0 unspecified atom stereocenters. The second-order valence-corrected chi connectivity index (χ2v) is 3.69. The molecule has 17 heavy (non-hydrogen) atoms. The Kier molecular flexibility index (Phi) is 3.55. The third-order valence-electron chi connectivity index (χ3n) is 2.58. The van der Waals surface area contributed by atoms with E-state index in [2.05, 4.69) is 4.98 Å². The van der Waals surface area contributed by atoms with Crippen molar-refractivity contribution in [2.24, 2.45) is 0 Å². The molecule has 4 heteroatoms. The fourth-order valence-corrected chi connectivity index (χ4v) is 1.60. The number of hydrogen-bond donors (Lipinski definition) is 0. The summed E-state index contributed by atoms with van der Waals surface area (Å²) in [6.45, 7) is 0.638. The summed E-state index contributed by atoms with van der Waals surface area (Å²) in [7, 11) is 1.64. The molecule has 0 atom stereocenters. The van der Waals surface area contributed by atoms with Gasteiger partial charge in [-0.2, -0.15) is 0 Å². The summed E-state index contributed by atoms with van der Waals surface area (Å²) in [6, 6.07) is 9.60. The SMILES string of the molecule is COc1ccc(CCn2cccnc2=O)cc1. The van der Waals surface area contributed by atoms with Crippen LogP contribution in [0.25, 0.3) is 0 Å². The highest BCUT2D eigenvalue weighted by molar-refractivity contribution is 5.27. The lowest BCUT2D eigenvalue weighted by molar-refractivity contribution is 0.414. The molecule has 0 aliphatic rings. The van der Waals surface area contributed by atoms with Crippen molar-refractivity contribution in [1.82, 2.24) is 9.55 Å². The summed E-state index contributed by atoms with van der Waals surface area (Å²) in [6.07, 6.45) is 4.06. The Hall–Kier alpha value is -2.10. The van der Waals surface area contributed by atoms with Gasteiger partial charge in [0, 0.05) is 18.9 Å². The van der Waals surface area contributed by atoms with Crippen molar-refractivity contribution in [2.45, 2.75) is 13.0 Å². The average molecular weight is 230 g/mol. The standard InChI is InChI=1S/C13H14N2O2/c1-17-12-5-3-11(4-6-12)7-10-15-9-2-8-14-13(15)16/h2-6,8-9H,7,10H2,1H3. The maximum atomic E-state index is 11.4. The summed E-state index contributed by atoms with van der Waals surface area (Å²) in [4.78, 5) is 15.1. The minimum absolute atomic E-state index is 0.207. The Morgan fingerprint density at radius 3 is 2.71 bits per heavy atom. The molecule has 88 valence electrons. The van der Waals surface area contributed by atoms with Gasteiger partial charge in [-0.25, -0.2) is 9.78 Å². The van der Waals surface area contributed by atoms with Crippen LogP contribution in [0.3, 0.4) is 0 Å². The van der Waals surface area contributed by atoms with Crippen LogP contribution in [0.1, 0.15) is 5.56 Å². The summed E-state index contributed by atoms with van der Waals surface area (Å²) in [5, 5.41) is 0. The predicted molar refractivity (Wildman–Crippen MR) is 65.2 cm³/mol. The van der Waals surface area contributed by atoms with Crippen LogP contribution in [0.2, 0.25) is 0 Å². The average Bonchev–Trinajstić information content (AvgIpc) is 2.38. The molecule has 1 aromatic carbocycles. The van der Waals surface area contributed by atoms with E-state index in [1.165, 1.54) is 11.8 Å². The van der Waals surface area contributed by atoms with Gasteiger partial charge in [-0.15, -0.1) is 0 Å². The molecular weight excluding hydrogens is 216 g/mol. The zero-order chi connectivity index (χ0) is 12.1. The van der Waals surface area contributed by atoms with Gasteiger partial charge in [-0.05, 0) is 30.2 Å². The molecule has 1 aromatic heterocycles. The fraction of sp³-hybridized carbons (Fsp3) is 0.231. The molecule has 0 radical (unpaired) electrons. The third-order valence-corrected chi connectivity index (χ3v) is 2.58. The van der Waals surface area contributed by atoms with E-state index in [4.69, 9.17) is 4.74 Å². The molecule has 1 heterocycles. The molecule has 0 spiro atoms. The lowest BCUT2D eigenvalue weighted by Crippen LogP contribution is -2.22. The number of hydrogen-bond acceptors (Lipinski definition) is 3. The van der Waals surface area contributed by atoms with Crippen LogP contribution < -0.4 is 10.4 Å². The van der Waals surface area contributed by atoms with Crippen LogP contribution >= 0.6 is 0 Å². The second-order valence-electron chi connectivity index (χ2n) is 3.69. The van der Waals surface area contributed by atoms with Gasteiger partial charge in [-0.1, -0.05) is 12.1 Å². The zero-order valence-corrected chi connectivity index (χ0v) is 9.67. The van der Waals surface area contributed by atoms with Gasteiger partial charge in [-0.3, -0.25) is 4.57 Å². The van der Waals surface area contributed by atoms with Crippen LogP contribution in [0.5, 0.6) is 5.75 Å². The molecule has 0 aliphatic carbocycles. The van der Waals surface area contributed by atoms with E-state index in [1.54, 1.807) is 23.9 Å². The maximum absolute atomic E-state index is 11.4. The highest BCUT2D eigenvalue weighted by Gasteiger charge is 1.97. The van der Waals surface area contributed by atoms with Crippen LogP contribution in [0.4, 0.5) is 0 Å². The van der Waals surface area contributed by atoms with Crippen LogP contribution in [-0.4, -0.2) is 16.7 Å². The quantitative estimate of drug-likeness (QED) is 0.799. The van der Waals surface area contributed by atoms with Crippen molar-refractivity contribution in [3.63, 3.8) is 0 Å². The molecular formula is C13H14N2O2. The highest BCUT2D eigenvalue weighted by atomic mass is 16.5. The number of aromatic nitrogens is 2. The number of aryl methyl sites for hydroxylation is 2. The van der Waals surface area contributed by atoms with E-state index in [0.717, 1.165) is 12.2 Å². The normalized spacial score (nSPS) is 10.2. The number of rotatable bonds is 4. The van der Waals surface area contributed by atoms with E-state index in [-0.39, 0.29) is 5.69 Å². The Bertz CT molecular complexity index is 532. The third kappa shape index (κ3) is 2.93. The molecule has 2 aromatic rings. The van der Waals surface area contributed by atoms with E-state index >= 15 is 0 Å². The van der Waals surface area contributed by atoms with Gasteiger partial charge in [0.2, 0.25) is 0 Å². The molecule has 0 amide bonds. The van der Waals surface area contributed by atoms with Crippen molar-refractivity contribution in [3.8, 4) is 5.75 Å². The Morgan fingerprint density at radius 1 is 1.29 bits per heavy atom. The zero-order valence-electron chi connectivity index (χ0n) is 9.67. The molecule has 0 saturated heterocycles. The Balaban J connectivity index is 2.02. The molecule has 0 aliphatic heterocycles. The summed E-state index contributed by atoms with van der Waals surface area (Å²) in [5.41, 5.74) is 0.961. The van der Waals surface area contributed by atoms with Crippen LogP contribution in [0, 0.1) is 0 Å². The fourth-order valence-electron chi connectivity index (χ4n) is 1.60. The van der Waals surface area contributed by atoms with Crippen molar-refractivity contribution in [3.05, 3.63) is 58.8 Å². The van der Waals surface area contributed by atoms with Crippen LogP contribution in [0.15, 0.2) is 47.5 Å². The molecule has 0 N–H and O–H groups in total. The number of benzene rings is 1. The van der Waals surface area contributed by atoms with Gasteiger partial charge in [0.05, 0.1) is 7.11 Å². The molecule has 0 fully saturated rings. The summed E-state index contributed by atoms with van der Waals surface area (Å²) in [5.74, 6) is 0.840. The largest absolute Gasteiger partial charge is 0.497 e. The first-order chi connectivity index (χ1) is 8.29. The number of nitrogens with zero attached hydrogens (tertiary/aromatic N) is 2. The molecule has 2 rings (SSSR count). The number of methoxy groups -OCH3 is 1. The van der Waals surface area contributed by atoms with Crippen molar-refractivity contribution < 1.29 is 4.74 Å². The minimum atomic E-state index is -0.207. The smallest absolute Gasteiger partial charge is 0.347 e. The van der Waals surface area contributed by atoms with Crippen molar-refractivity contribution >= 4 is 0 Å². The lowest BCUT2D eigenvalue weighted by atomic mass is 10.1. The van der Waals surface area contributed by atoms with E-state index in [9.17, 15) is 4.79 Å². The van der Waals surface area contributed by atoms with Crippen LogP contribution in [-0.2, 0) is 13.0 Å². The van der Waals surface area contributed by atoms with Gasteiger partial charge in [0.15, 0.2) is 0 Å². The van der Waals surface area contributed by atoms with Gasteiger partial charge < -0.3 is 4.74 Å². The Morgan fingerprint density at radius 2 is 2.06 bits per heavy atom. The monoisotopic (exact) mass is 230 g/mol. The van der Waals surface area contributed by atoms with Crippen molar-refractivity contribution in [2.75, 3.05) is 7.11 Å². The number of ether oxygens (including phenoxy) is 1.